The molecule has 10 nitrogen and oxygen atoms in total. The summed E-state index contributed by atoms with van der Waals surface area (Å²) in [6.45, 7) is 8.34. The van der Waals surface area contributed by atoms with Crippen molar-refractivity contribution in [2.45, 2.75) is 90.4 Å². The van der Waals surface area contributed by atoms with Gasteiger partial charge in [0, 0.05) is 6.54 Å². The van der Waals surface area contributed by atoms with Gasteiger partial charge in [-0.1, -0.05) is 34.1 Å². The van der Waals surface area contributed by atoms with E-state index < -0.39 is 41.9 Å². The van der Waals surface area contributed by atoms with Crippen LogP contribution in [0.1, 0.15) is 66.2 Å². The minimum absolute atomic E-state index is 0.0814. The van der Waals surface area contributed by atoms with Crippen molar-refractivity contribution in [3.05, 3.63) is 0 Å². The molecule has 8 N–H and O–H groups in total. The van der Waals surface area contributed by atoms with Gasteiger partial charge in [0.1, 0.15) is 18.1 Å². The van der Waals surface area contributed by atoms with E-state index in [1.165, 1.54) is 4.90 Å². The predicted molar refractivity (Wildman–Crippen MR) is 123 cm³/mol. The Balaban J connectivity index is 3.02. The maximum Gasteiger partial charge on any atom is 0.245 e. The second-order valence-electron chi connectivity index (χ2n) is 9.08. The molecule has 1 aliphatic rings. The zero-order valence-corrected chi connectivity index (χ0v) is 19.9. The van der Waals surface area contributed by atoms with Crippen molar-refractivity contribution in [2.75, 3.05) is 13.1 Å². The smallest absolute Gasteiger partial charge is 0.245 e. The predicted octanol–water partition coefficient (Wildman–Crippen LogP) is -0.409. The molecule has 0 radical (unpaired) electrons. The Hall–Kier alpha value is -2.20. The molecule has 184 valence electrons. The molecular formula is C22H42N6O4. The van der Waals surface area contributed by atoms with Crippen molar-refractivity contribution in [3.8, 4) is 0 Å². The Kier molecular flexibility index (Phi) is 11.6. The van der Waals surface area contributed by atoms with Crippen LogP contribution in [0.15, 0.2) is 0 Å². The van der Waals surface area contributed by atoms with E-state index in [1.807, 2.05) is 27.7 Å². The number of nitrogens with zero attached hydrogens (tertiary/aromatic N) is 1. The largest absolute Gasteiger partial charge is 0.368 e. The molecule has 0 aromatic rings. The van der Waals surface area contributed by atoms with Crippen molar-refractivity contribution in [1.82, 2.24) is 15.5 Å². The number of nitrogens with one attached hydrogen (secondary N) is 2. The van der Waals surface area contributed by atoms with Crippen LogP contribution in [0.25, 0.3) is 0 Å². The maximum absolute atomic E-state index is 13.2. The highest BCUT2D eigenvalue weighted by molar-refractivity contribution is 5.95. The Morgan fingerprint density at radius 3 is 2.25 bits per heavy atom. The number of hydrogen-bond donors (Lipinski definition) is 5. The molecule has 32 heavy (non-hydrogen) atoms. The fourth-order valence-electron chi connectivity index (χ4n) is 3.79. The van der Waals surface area contributed by atoms with Crippen LogP contribution < -0.4 is 27.8 Å². The molecule has 4 amide bonds. The van der Waals surface area contributed by atoms with Crippen LogP contribution in [0.3, 0.4) is 0 Å². The lowest BCUT2D eigenvalue weighted by atomic mass is 9.96. The third-order valence-corrected chi connectivity index (χ3v) is 6.24. The van der Waals surface area contributed by atoms with E-state index in [1.54, 1.807) is 0 Å². The summed E-state index contributed by atoms with van der Waals surface area (Å²) in [6, 6.07) is -3.05. The molecule has 1 fully saturated rings. The van der Waals surface area contributed by atoms with Crippen molar-refractivity contribution in [1.29, 1.82) is 0 Å². The molecule has 0 aliphatic carbocycles. The van der Waals surface area contributed by atoms with Crippen molar-refractivity contribution in [2.24, 2.45) is 29.0 Å². The number of likely N-dealkylation sites (tertiary alicyclic amines) is 1. The molecule has 1 aliphatic heterocycles. The van der Waals surface area contributed by atoms with Gasteiger partial charge < -0.3 is 32.7 Å². The van der Waals surface area contributed by atoms with Gasteiger partial charge >= 0.3 is 0 Å². The van der Waals surface area contributed by atoms with Crippen LogP contribution in [0.4, 0.5) is 0 Å². The molecule has 1 saturated heterocycles. The third-order valence-electron chi connectivity index (χ3n) is 6.24. The summed E-state index contributed by atoms with van der Waals surface area (Å²) < 4.78 is 0. The molecule has 0 unspecified atom stereocenters. The van der Waals surface area contributed by atoms with Gasteiger partial charge in [-0.05, 0) is 50.5 Å². The van der Waals surface area contributed by atoms with Gasteiger partial charge in [-0.25, -0.2) is 0 Å². The summed E-state index contributed by atoms with van der Waals surface area (Å²) in [4.78, 5) is 52.2. The lowest BCUT2D eigenvalue weighted by Crippen LogP contribution is -2.59. The average molecular weight is 455 g/mol. The standard InChI is InChI=1S/C22H42N6O4/c1-5-14(4)18(27-20(30)17(24)13(2)3)21(31)26-15(9-6-7-11-23)22(32)28-12-8-10-16(28)19(25)29/h13-18H,5-12,23-24H2,1-4H3,(H2,25,29)(H,26,31)(H,27,30)/t14-,15-,16-,17-,18-/m0/s1. The minimum atomic E-state index is -0.826. The van der Waals surface area contributed by atoms with Crippen LogP contribution in [-0.2, 0) is 19.2 Å². The van der Waals surface area contributed by atoms with Crippen molar-refractivity contribution in [3.63, 3.8) is 0 Å². The van der Waals surface area contributed by atoms with E-state index in [0.717, 1.165) is 0 Å². The van der Waals surface area contributed by atoms with Gasteiger partial charge in [-0.3, -0.25) is 19.2 Å². The van der Waals surface area contributed by atoms with Gasteiger partial charge in [-0.2, -0.15) is 0 Å². The van der Waals surface area contributed by atoms with Crippen molar-refractivity contribution < 1.29 is 19.2 Å². The van der Waals surface area contributed by atoms with E-state index >= 15 is 0 Å². The van der Waals surface area contributed by atoms with E-state index in [0.29, 0.717) is 51.6 Å². The lowest BCUT2D eigenvalue weighted by molar-refractivity contribution is -0.141. The summed E-state index contributed by atoms with van der Waals surface area (Å²) in [5.74, 6) is -1.96. The first kappa shape index (κ1) is 27.8. The number of carbonyl (C=O) groups excluding carboxylic acids is 4. The summed E-state index contributed by atoms with van der Waals surface area (Å²) in [7, 11) is 0. The Morgan fingerprint density at radius 1 is 1.06 bits per heavy atom. The molecule has 1 heterocycles. The second-order valence-corrected chi connectivity index (χ2v) is 9.08. The molecule has 0 bridgehead atoms. The van der Waals surface area contributed by atoms with Gasteiger partial charge in [0.25, 0.3) is 0 Å². The Bertz CT molecular complexity index is 656. The molecular weight excluding hydrogens is 412 g/mol. The normalized spacial score (nSPS) is 19.8. The van der Waals surface area contributed by atoms with E-state index in [-0.39, 0.29) is 17.7 Å². The fourth-order valence-corrected chi connectivity index (χ4v) is 3.79. The Labute approximate surface area is 191 Å². The zero-order valence-electron chi connectivity index (χ0n) is 19.9. The number of nitrogens with two attached hydrogens (primary N) is 3. The molecule has 0 aromatic carbocycles. The minimum Gasteiger partial charge on any atom is -0.368 e. The number of carbonyl (C=O) groups is 4. The summed E-state index contributed by atoms with van der Waals surface area (Å²) >= 11 is 0. The summed E-state index contributed by atoms with van der Waals surface area (Å²) in [5.41, 5.74) is 17.0. The molecule has 0 saturated carbocycles. The first-order valence-electron chi connectivity index (χ1n) is 11.7. The molecule has 1 rings (SSSR count). The zero-order chi connectivity index (χ0) is 24.4. The quantitative estimate of drug-likeness (QED) is 0.236. The number of hydrogen-bond acceptors (Lipinski definition) is 6. The van der Waals surface area contributed by atoms with Crippen LogP contribution in [0, 0.1) is 11.8 Å². The molecule has 5 atom stereocenters. The fraction of sp³-hybridized carbons (Fsp3) is 0.818. The van der Waals surface area contributed by atoms with E-state index in [9.17, 15) is 19.2 Å². The average Bonchev–Trinajstić information content (AvgIpc) is 3.25. The molecule has 0 aromatic heterocycles. The van der Waals surface area contributed by atoms with Crippen LogP contribution in [0.2, 0.25) is 0 Å². The number of unbranched alkanes of at least 4 members (excludes halogenated alkanes) is 1. The summed E-state index contributed by atoms with van der Waals surface area (Å²) in [6.07, 6.45) is 3.58. The highest BCUT2D eigenvalue weighted by Gasteiger charge is 2.38. The number of rotatable bonds is 13. The highest BCUT2D eigenvalue weighted by Crippen LogP contribution is 2.20. The molecule has 10 heteroatoms. The van der Waals surface area contributed by atoms with Crippen LogP contribution >= 0.6 is 0 Å². The van der Waals surface area contributed by atoms with Crippen molar-refractivity contribution >= 4 is 23.6 Å². The van der Waals surface area contributed by atoms with Gasteiger partial charge in [-0.15, -0.1) is 0 Å². The highest BCUT2D eigenvalue weighted by atomic mass is 16.2. The van der Waals surface area contributed by atoms with Crippen LogP contribution in [0.5, 0.6) is 0 Å². The van der Waals surface area contributed by atoms with Gasteiger partial charge in [0.15, 0.2) is 0 Å². The maximum atomic E-state index is 13.2. The Morgan fingerprint density at radius 2 is 1.72 bits per heavy atom. The first-order valence-corrected chi connectivity index (χ1v) is 11.7. The van der Waals surface area contributed by atoms with E-state index in [2.05, 4.69) is 10.6 Å². The second kappa shape index (κ2) is 13.4. The summed E-state index contributed by atoms with van der Waals surface area (Å²) in [5, 5.41) is 5.58. The number of amides is 4. The van der Waals surface area contributed by atoms with Gasteiger partial charge in [0.2, 0.25) is 23.6 Å². The topological polar surface area (TPSA) is 174 Å². The van der Waals surface area contributed by atoms with E-state index in [4.69, 9.17) is 17.2 Å². The first-order chi connectivity index (χ1) is 15.0. The number of primary amides is 1. The third kappa shape index (κ3) is 7.74. The monoisotopic (exact) mass is 454 g/mol. The SMILES string of the molecule is CC[C@H](C)[C@H](NC(=O)[C@@H](N)C(C)C)C(=O)N[C@@H](CCCCN)C(=O)N1CCC[C@H]1C(N)=O. The molecule has 0 spiro atoms. The van der Waals surface area contributed by atoms with Crippen LogP contribution in [-0.4, -0.2) is 65.8 Å². The lowest BCUT2D eigenvalue weighted by Gasteiger charge is -2.31. The van der Waals surface area contributed by atoms with Gasteiger partial charge in [0.05, 0.1) is 6.04 Å².